The molecule has 130 valence electrons. The smallest absolute Gasteiger partial charge is 0.177 e. The monoisotopic (exact) mass is 331 g/mol. The van der Waals surface area contributed by atoms with Crippen molar-refractivity contribution in [3.8, 4) is 11.5 Å². The van der Waals surface area contributed by atoms with Gasteiger partial charge in [-0.25, -0.2) is 0 Å². The Morgan fingerprint density at radius 1 is 1.42 bits per heavy atom. The molecule has 0 aromatic heterocycles. The molecule has 0 bridgehead atoms. The first-order valence-electron chi connectivity index (χ1n) is 8.79. The topological polar surface area (TPSA) is 70.0 Å². The van der Waals surface area contributed by atoms with E-state index >= 15 is 0 Å². The van der Waals surface area contributed by atoms with Crippen LogP contribution in [-0.4, -0.2) is 40.4 Å². The number of ether oxygens (including phenoxy) is 1. The number of ketones is 1. The summed E-state index contributed by atoms with van der Waals surface area (Å²) in [6.07, 6.45) is 2.95. The molecule has 1 unspecified atom stereocenters. The number of hydroxylamine groups is 2. The van der Waals surface area contributed by atoms with Crippen LogP contribution in [0.3, 0.4) is 0 Å². The van der Waals surface area contributed by atoms with E-state index in [4.69, 9.17) is 4.74 Å². The lowest BCUT2D eigenvalue weighted by Crippen LogP contribution is -2.64. The Bertz CT molecular complexity index is 716. The second kappa shape index (κ2) is 4.96. The summed E-state index contributed by atoms with van der Waals surface area (Å²) >= 11 is 0. The zero-order valence-electron chi connectivity index (χ0n) is 14.5. The van der Waals surface area contributed by atoms with Gasteiger partial charge in [0.05, 0.1) is 5.41 Å². The van der Waals surface area contributed by atoms with E-state index < -0.39 is 11.0 Å². The molecule has 1 fully saturated rings. The van der Waals surface area contributed by atoms with Gasteiger partial charge in [0, 0.05) is 25.6 Å². The number of hydrogen-bond donors (Lipinski definition) is 2. The predicted octanol–water partition coefficient (Wildman–Crippen LogP) is 2.66. The Balaban J connectivity index is 2.00. The second-order valence-electron chi connectivity index (χ2n) is 7.94. The van der Waals surface area contributed by atoms with Crippen molar-refractivity contribution in [1.82, 2.24) is 5.06 Å². The highest BCUT2D eigenvalue weighted by molar-refractivity contribution is 5.93. The highest BCUT2D eigenvalue weighted by Gasteiger charge is 2.69. The quantitative estimate of drug-likeness (QED) is 0.833. The molecule has 4 atom stereocenters. The van der Waals surface area contributed by atoms with Crippen LogP contribution in [0.15, 0.2) is 12.1 Å². The summed E-state index contributed by atoms with van der Waals surface area (Å²) in [7, 11) is 1.63. The molecule has 3 aliphatic rings. The predicted molar refractivity (Wildman–Crippen MR) is 88.5 cm³/mol. The zero-order valence-corrected chi connectivity index (χ0v) is 14.5. The normalized spacial score (nSPS) is 36.6. The van der Waals surface area contributed by atoms with E-state index in [2.05, 4.69) is 6.92 Å². The standard InChI is InChI=1S/C19H25NO4/c1-11-10-12-4-6-14(21)17-16(12)19(8-9-20(3)23)13(11)5-7-15(22)18(19,2)24-17/h4,6,11,13,21,23H,5,7-10H2,1-3H3/t11?,13-,18-,19-/m0/s1. The van der Waals surface area contributed by atoms with Gasteiger partial charge in [-0.05, 0) is 49.7 Å². The number of nitrogens with zero attached hydrogens (tertiary/aromatic N) is 1. The van der Waals surface area contributed by atoms with E-state index in [1.54, 1.807) is 13.1 Å². The van der Waals surface area contributed by atoms with Gasteiger partial charge in [0.2, 0.25) is 0 Å². The molecule has 1 aromatic rings. The van der Waals surface area contributed by atoms with Crippen molar-refractivity contribution < 1.29 is 19.8 Å². The molecule has 4 rings (SSSR count). The fourth-order valence-corrected chi connectivity index (χ4v) is 5.67. The third kappa shape index (κ3) is 1.74. The molecule has 5 nitrogen and oxygen atoms in total. The van der Waals surface area contributed by atoms with Crippen molar-refractivity contribution in [2.45, 2.75) is 50.5 Å². The second-order valence-corrected chi connectivity index (χ2v) is 7.94. The van der Waals surface area contributed by atoms with Crippen LogP contribution in [0.1, 0.15) is 44.2 Å². The lowest BCUT2D eigenvalue weighted by atomic mass is 9.48. The molecule has 0 radical (unpaired) electrons. The van der Waals surface area contributed by atoms with Gasteiger partial charge in [0.15, 0.2) is 22.9 Å². The summed E-state index contributed by atoms with van der Waals surface area (Å²) in [4.78, 5) is 12.9. The van der Waals surface area contributed by atoms with Gasteiger partial charge in [-0.15, -0.1) is 0 Å². The molecule has 1 heterocycles. The van der Waals surface area contributed by atoms with Crippen molar-refractivity contribution in [3.05, 3.63) is 23.3 Å². The maximum absolute atomic E-state index is 12.9. The number of carbonyl (C=O) groups is 1. The summed E-state index contributed by atoms with van der Waals surface area (Å²) in [6, 6.07) is 3.65. The van der Waals surface area contributed by atoms with Gasteiger partial charge in [-0.1, -0.05) is 13.0 Å². The number of aromatic hydroxyl groups is 1. The molecule has 2 N–H and O–H groups in total. The van der Waals surface area contributed by atoms with Crippen molar-refractivity contribution >= 4 is 5.78 Å². The highest BCUT2D eigenvalue weighted by Crippen LogP contribution is 2.66. The van der Waals surface area contributed by atoms with Crippen LogP contribution in [-0.2, 0) is 16.6 Å². The van der Waals surface area contributed by atoms with E-state index in [-0.39, 0.29) is 11.5 Å². The van der Waals surface area contributed by atoms with Gasteiger partial charge in [-0.2, -0.15) is 5.06 Å². The molecular weight excluding hydrogens is 306 g/mol. The summed E-state index contributed by atoms with van der Waals surface area (Å²) in [5, 5.41) is 21.3. The lowest BCUT2D eigenvalue weighted by Gasteiger charge is -2.54. The largest absolute Gasteiger partial charge is 0.504 e. The fraction of sp³-hybridized carbons (Fsp3) is 0.632. The first-order chi connectivity index (χ1) is 11.3. The minimum absolute atomic E-state index is 0.106. The molecule has 0 spiro atoms. The summed E-state index contributed by atoms with van der Waals surface area (Å²) in [6.45, 7) is 4.60. The van der Waals surface area contributed by atoms with Crippen LogP contribution in [0.4, 0.5) is 0 Å². The van der Waals surface area contributed by atoms with E-state index in [1.807, 2.05) is 13.0 Å². The number of rotatable bonds is 3. The number of carbonyl (C=O) groups excluding carboxylic acids is 1. The number of Topliss-reactive ketones (excluding diaryl/α,β-unsaturated/α-hetero) is 1. The summed E-state index contributed by atoms with van der Waals surface area (Å²) in [5.74, 6) is 1.46. The van der Waals surface area contributed by atoms with Crippen molar-refractivity contribution in [2.24, 2.45) is 11.8 Å². The maximum atomic E-state index is 12.9. The summed E-state index contributed by atoms with van der Waals surface area (Å²) < 4.78 is 6.22. The van der Waals surface area contributed by atoms with Gasteiger partial charge >= 0.3 is 0 Å². The van der Waals surface area contributed by atoms with Crippen molar-refractivity contribution in [2.75, 3.05) is 13.6 Å². The first kappa shape index (κ1) is 15.9. The van der Waals surface area contributed by atoms with E-state index in [1.165, 1.54) is 10.6 Å². The lowest BCUT2D eigenvalue weighted by molar-refractivity contribution is -0.151. The van der Waals surface area contributed by atoms with Gasteiger partial charge in [0.1, 0.15) is 0 Å². The molecule has 1 aromatic carbocycles. The van der Waals surface area contributed by atoms with Crippen LogP contribution < -0.4 is 4.74 Å². The average molecular weight is 331 g/mol. The molecule has 5 heteroatoms. The Kier molecular flexibility index (Phi) is 3.29. The minimum Gasteiger partial charge on any atom is -0.504 e. The Morgan fingerprint density at radius 2 is 2.17 bits per heavy atom. The van der Waals surface area contributed by atoms with Crippen LogP contribution in [0, 0.1) is 11.8 Å². The summed E-state index contributed by atoms with van der Waals surface area (Å²) in [5.41, 5.74) is 0.755. The average Bonchev–Trinajstić information content (AvgIpc) is 2.81. The van der Waals surface area contributed by atoms with Gasteiger partial charge in [0.25, 0.3) is 0 Å². The van der Waals surface area contributed by atoms with Crippen LogP contribution in [0.25, 0.3) is 0 Å². The molecule has 24 heavy (non-hydrogen) atoms. The minimum atomic E-state index is -0.962. The molecule has 1 saturated carbocycles. The fourth-order valence-electron chi connectivity index (χ4n) is 5.67. The highest BCUT2D eigenvalue weighted by atomic mass is 16.5. The molecule has 0 saturated heterocycles. The number of phenolic OH excluding ortho intramolecular Hbond substituents is 1. The van der Waals surface area contributed by atoms with Crippen LogP contribution in [0.5, 0.6) is 11.5 Å². The van der Waals surface area contributed by atoms with Crippen molar-refractivity contribution in [1.29, 1.82) is 0 Å². The van der Waals surface area contributed by atoms with Crippen LogP contribution in [0.2, 0.25) is 0 Å². The Labute approximate surface area is 142 Å². The Morgan fingerprint density at radius 3 is 2.88 bits per heavy atom. The maximum Gasteiger partial charge on any atom is 0.177 e. The van der Waals surface area contributed by atoms with Crippen LogP contribution >= 0.6 is 0 Å². The third-order valence-electron chi connectivity index (χ3n) is 6.73. The van der Waals surface area contributed by atoms with Gasteiger partial charge < -0.3 is 15.1 Å². The molecule has 1 aliphatic heterocycles. The third-order valence-corrected chi connectivity index (χ3v) is 6.73. The number of hydrogen-bond acceptors (Lipinski definition) is 5. The zero-order chi connectivity index (χ0) is 17.3. The molecular formula is C19H25NO4. The molecule has 0 amide bonds. The Hall–Kier alpha value is -1.59. The number of phenols is 1. The number of benzene rings is 1. The van der Waals surface area contributed by atoms with E-state index in [9.17, 15) is 15.1 Å². The van der Waals surface area contributed by atoms with Gasteiger partial charge in [-0.3, -0.25) is 4.79 Å². The first-order valence-corrected chi connectivity index (χ1v) is 8.79. The van der Waals surface area contributed by atoms with E-state index in [0.717, 1.165) is 18.4 Å². The SMILES string of the molecule is CC1Cc2ccc(O)c3c2[C@]2(CCN(C)O)[C@H]1CCC(=O)[C@]2(C)O3. The van der Waals surface area contributed by atoms with Crippen molar-refractivity contribution in [3.63, 3.8) is 0 Å². The molecule has 2 aliphatic carbocycles. The van der Waals surface area contributed by atoms with E-state index in [0.29, 0.717) is 37.0 Å².